The summed E-state index contributed by atoms with van der Waals surface area (Å²) in [5, 5.41) is 2.93. The average Bonchev–Trinajstić information content (AvgIpc) is 2.76. The molecule has 0 unspecified atom stereocenters. The maximum atomic E-state index is 12.0. The van der Waals surface area contributed by atoms with Gasteiger partial charge >= 0.3 is 0 Å². The minimum atomic E-state index is -0.0900. The first-order valence-electron chi connectivity index (χ1n) is 10.3. The van der Waals surface area contributed by atoms with Gasteiger partial charge in [-0.15, -0.1) is 0 Å². The second-order valence-corrected chi connectivity index (χ2v) is 7.38. The second-order valence-electron chi connectivity index (χ2n) is 7.38. The lowest BCUT2D eigenvalue weighted by Crippen LogP contribution is -2.45. The smallest absolute Gasteiger partial charge is 0.257 e. The fraction of sp³-hybridized carbons (Fsp3) is 0.435. The van der Waals surface area contributed by atoms with Crippen molar-refractivity contribution in [3.05, 3.63) is 60.2 Å². The van der Waals surface area contributed by atoms with Crippen LogP contribution >= 0.6 is 0 Å². The topological polar surface area (TPSA) is 54.0 Å². The Balaban J connectivity index is 1.27. The van der Waals surface area contributed by atoms with Gasteiger partial charge in [0, 0.05) is 32.7 Å². The van der Waals surface area contributed by atoms with E-state index in [9.17, 15) is 4.79 Å². The van der Waals surface area contributed by atoms with E-state index < -0.39 is 0 Å². The summed E-state index contributed by atoms with van der Waals surface area (Å²) in [6, 6.07) is 17.4. The van der Waals surface area contributed by atoms with Crippen molar-refractivity contribution < 1.29 is 14.3 Å². The van der Waals surface area contributed by atoms with Gasteiger partial charge < -0.3 is 24.6 Å². The highest BCUT2D eigenvalue weighted by molar-refractivity contribution is 5.77. The Labute approximate surface area is 173 Å². The van der Waals surface area contributed by atoms with Gasteiger partial charge in [-0.05, 0) is 49.8 Å². The van der Waals surface area contributed by atoms with Crippen LogP contribution in [0.1, 0.15) is 12.0 Å². The van der Waals surface area contributed by atoms with E-state index in [1.807, 2.05) is 54.6 Å². The van der Waals surface area contributed by atoms with Crippen molar-refractivity contribution in [1.29, 1.82) is 0 Å². The van der Waals surface area contributed by atoms with E-state index in [-0.39, 0.29) is 12.5 Å². The molecule has 0 atom stereocenters. The molecular formula is C23H31N3O3. The van der Waals surface area contributed by atoms with E-state index in [1.165, 1.54) is 0 Å². The Morgan fingerprint density at radius 1 is 0.931 bits per heavy atom. The molecule has 0 aromatic heterocycles. The molecule has 1 N–H and O–H groups in total. The van der Waals surface area contributed by atoms with E-state index in [1.54, 1.807) is 0 Å². The molecule has 1 amide bonds. The fourth-order valence-corrected chi connectivity index (χ4v) is 3.17. The highest BCUT2D eigenvalue weighted by Gasteiger charge is 2.13. The van der Waals surface area contributed by atoms with Gasteiger partial charge in [0.15, 0.2) is 6.61 Å². The quantitative estimate of drug-likeness (QED) is 0.624. The molecule has 2 aromatic carbocycles. The summed E-state index contributed by atoms with van der Waals surface area (Å²) in [6.07, 6.45) is 0.961. The molecule has 1 aliphatic heterocycles. The summed E-state index contributed by atoms with van der Waals surface area (Å²) >= 11 is 0. The van der Waals surface area contributed by atoms with Crippen molar-refractivity contribution in [3.63, 3.8) is 0 Å². The van der Waals surface area contributed by atoms with E-state index in [2.05, 4.69) is 22.2 Å². The van der Waals surface area contributed by atoms with E-state index >= 15 is 0 Å². The third kappa shape index (κ3) is 7.75. The van der Waals surface area contributed by atoms with Gasteiger partial charge in [-0.3, -0.25) is 4.79 Å². The molecule has 29 heavy (non-hydrogen) atoms. The number of hydrogen-bond acceptors (Lipinski definition) is 5. The third-order valence-electron chi connectivity index (χ3n) is 5.01. The molecule has 0 spiro atoms. The van der Waals surface area contributed by atoms with E-state index in [4.69, 9.17) is 9.47 Å². The maximum absolute atomic E-state index is 12.0. The largest absolute Gasteiger partial charge is 0.489 e. The number of carbonyl (C=O) groups is 1. The number of piperazine rings is 1. The molecule has 0 saturated carbocycles. The molecule has 156 valence electrons. The molecule has 1 heterocycles. The lowest BCUT2D eigenvalue weighted by atomic mass is 10.2. The van der Waals surface area contributed by atoms with Crippen molar-refractivity contribution in [2.45, 2.75) is 13.0 Å². The third-order valence-corrected chi connectivity index (χ3v) is 5.01. The summed E-state index contributed by atoms with van der Waals surface area (Å²) in [7, 11) is 2.16. The van der Waals surface area contributed by atoms with Crippen molar-refractivity contribution in [1.82, 2.24) is 15.1 Å². The first kappa shape index (κ1) is 21.1. The molecular weight excluding hydrogens is 366 g/mol. The van der Waals surface area contributed by atoms with Crippen LogP contribution < -0.4 is 14.8 Å². The van der Waals surface area contributed by atoms with Gasteiger partial charge in [-0.1, -0.05) is 30.3 Å². The zero-order valence-electron chi connectivity index (χ0n) is 17.2. The Bertz CT molecular complexity index is 729. The predicted octanol–water partition coefficient (Wildman–Crippen LogP) is 2.40. The summed E-state index contributed by atoms with van der Waals surface area (Å²) in [5.74, 6) is 1.34. The van der Waals surface area contributed by atoms with Gasteiger partial charge in [-0.25, -0.2) is 0 Å². The number of amides is 1. The number of nitrogens with one attached hydrogen (secondary N) is 1. The molecule has 3 rings (SSSR count). The van der Waals surface area contributed by atoms with Crippen LogP contribution in [0.25, 0.3) is 0 Å². The zero-order valence-corrected chi connectivity index (χ0v) is 17.2. The second kappa shape index (κ2) is 11.4. The minimum Gasteiger partial charge on any atom is -0.489 e. The zero-order chi connectivity index (χ0) is 20.3. The molecule has 0 radical (unpaired) electrons. The molecule has 0 bridgehead atoms. The number of hydrogen-bond donors (Lipinski definition) is 1. The molecule has 6 nitrogen and oxygen atoms in total. The highest BCUT2D eigenvalue weighted by Crippen LogP contribution is 2.18. The number of likely N-dealkylation sites (N-methyl/N-ethyl adjacent to an activating group) is 1. The number of rotatable bonds is 10. The lowest BCUT2D eigenvalue weighted by Gasteiger charge is -2.32. The number of carbonyl (C=O) groups excluding carboxylic acids is 1. The maximum Gasteiger partial charge on any atom is 0.257 e. The first-order valence-corrected chi connectivity index (χ1v) is 10.3. The number of ether oxygens (including phenoxy) is 2. The number of benzene rings is 2. The van der Waals surface area contributed by atoms with Crippen molar-refractivity contribution in [2.24, 2.45) is 0 Å². The summed E-state index contributed by atoms with van der Waals surface area (Å²) in [6.45, 7) is 6.72. The van der Waals surface area contributed by atoms with Crippen LogP contribution in [0, 0.1) is 0 Å². The first-order chi connectivity index (χ1) is 14.2. The standard InChI is InChI=1S/C23H31N3O3/c1-25-14-16-26(17-15-25)13-5-12-24-23(27)19-29-22-10-8-21(9-11-22)28-18-20-6-3-2-4-7-20/h2-4,6-11H,5,12-19H2,1H3,(H,24,27). The Kier molecular flexibility index (Phi) is 8.34. The van der Waals surface area contributed by atoms with Crippen LogP contribution in [-0.4, -0.2) is 68.6 Å². The van der Waals surface area contributed by atoms with Gasteiger partial charge in [0.25, 0.3) is 5.91 Å². The molecule has 1 aliphatic rings. The molecule has 0 aliphatic carbocycles. The van der Waals surface area contributed by atoms with Crippen LogP contribution in [0.2, 0.25) is 0 Å². The monoisotopic (exact) mass is 397 g/mol. The molecule has 1 saturated heterocycles. The Morgan fingerprint density at radius 3 is 2.28 bits per heavy atom. The van der Waals surface area contributed by atoms with Gasteiger partial charge in [0.2, 0.25) is 0 Å². The van der Waals surface area contributed by atoms with Crippen molar-refractivity contribution in [2.75, 3.05) is 52.9 Å². The van der Waals surface area contributed by atoms with Crippen LogP contribution in [0.3, 0.4) is 0 Å². The van der Waals surface area contributed by atoms with Gasteiger partial charge in [-0.2, -0.15) is 0 Å². The normalized spacial score (nSPS) is 15.1. The van der Waals surface area contributed by atoms with Crippen LogP contribution in [0.15, 0.2) is 54.6 Å². The van der Waals surface area contributed by atoms with Crippen molar-refractivity contribution >= 4 is 5.91 Å². The molecule has 2 aromatic rings. The Hall–Kier alpha value is -2.57. The number of nitrogens with zero attached hydrogens (tertiary/aromatic N) is 2. The van der Waals surface area contributed by atoms with Crippen LogP contribution in [0.4, 0.5) is 0 Å². The molecule has 6 heteroatoms. The van der Waals surface area contributed by atoms with Crippen LogP contribution in [-0.2, 0) is 11.4 Å². The lowest BCUT2D eigenvalue weighted by molar-refractivity contribution is -0.123. The van der Waals surface area contributed by atoms with Gasteiger partial charge in [0.05, 0.1) is 0 Å². The van der Waals surface area contributed by atoms with E-state index in [0.717, 1.165) is 50.5 Å². The summed E-state index contributed by atoms with van der Waals surface area (Å²) in [4.78, 5) is 16.7. The molecule has 1 fully saturated rings. The SMILES string of the molecule is CN1CCN(CCCNC(=O)COc2ccc(OCc3ccccc3)cc2)CC1. The fourth-order valence-electron chi connectivity index (χ4n) is 3.17. The highest BCUT2D eigenvalue weighted by atomic mass is 16.5. The predicted molar refractivity (Wildman–Crippen MR) is 114 cm³/mol. The van der Waals surface area contributed by atoms with E-state index in [0.29, 0.717) is 18.9 Å². The van der Waals surface area contributed by atoms with Gasteiger partial charge in [0.1, 0.15) is 18.1 Å². The summed E-state index contributed by atoms with van der Waals surface area (Å²) in [5.41, 5.74) is 1.12. The minimum absolute atomic E-state index is 0.0265. The summed E-state index contributed by atoms with van der Waals surface area (Å²) < 4.78 is 11.3. The Morgan fingerprint density at radius 2 is 1.59 bits per heavy atom. The van der Waals surface area contributed by atoms with Crippen LogP contribution in [0.5, 0.6) is 11.5 Å². The average molecular weight is 398 g/mol. The van der Waals surface area contributed by atoms with Crippen molar-refractivity contribution in [3.8, 4) is 11.5 Å².